The molecule has 1 saturated heterocycles. The lowest BCUT2D eigenvalue weighted by Gasteiger charge is -2.31. The van der Waals surface area contributed by atoms with Crippen molar-refractivity contribution in [3.05, 3.63) is 28.3 Å². The highest BCUT2D eigenvalue weighted by atomic mass is 32.1. The predicted octanol–water partition coefficient (Wildman–Crippen LogP) is 2.13. The molecule has 2 aromatic rings. The van der Waals surface area contributed by atoms with Gasteiger partial charge in [0.25, 0.3) is 5.91 Å². The van der Waals surface area contributed by atoms with Gasteiger partial charge in [0.1, 0.15) is 11.0 Å². The Balaban J connectivity index is 1.40. The summed E-state index contributed by atoms with van der Waals surface area (Å²) in [6, 6.07) is 0.905. The molecule has 144 valence electrons. The first-order chi connectivity index (χ1) is 13.0. The fourth-order valence-electron chi connectivity index (χ4n) is 3.45. The van der Waals surface area contributed by atoms with Crippen LogP contribution in [0.15, 0.2) is 17.6 Å². The van der Waals surface area contributed by atoms with E-state index in [2.05, 4.69) is 20.7 Å². The lowest BCUT2D eigenvalue weighted by Crippen LogP contribution is -2.55. The fourth-order valence-corrected chi connectivity index (χ4v) is 4.39. The van der Waals surface area contributed by atoms with E-state index in [1.807, 2.05) is 31.6 Å². The Morgan fingerprint density at radius 3 is 2.81 bits per heavy atom. The summed E-state index contributed by atoms with van der Waals surface area (Å²) in [5.41, 5.74) is 0.969. The highest BCUT2D eigenvalue weighted by molar-refractivity contribution is 7.09. The minimum atomic E-state index is -0.529. The molecule has 2 atom stereocenters. The van der Waals surface area contributed by atoms with Crippen LogP contribution in [0.5, 0.6) is 0 Å². The van der Waals surface area contributed by atoms with Crippen molar-refractivity contribution in [2.24, 2.45) is 13.0 Å². The molecule has 1 aliphatic carbocycles. The average molecular weight is 388 g/mol. The maximum atomic E-state index is 12.8. The molecule has 27 heavy (non-hydrogen) atoms. The van der Waals surface area contributed by atoms with Crippen LogP contribution in [0.3, 0.4) is 0 Å². The van der Waals surface area contributed by atoms with Crippen molar-refractivity contribution in [2.45, 2.75) is 44.7 Å². The highest BCUT2D eigenvalue weighted by Crippen LogP contribution is 2.41. The fraction of sp³-hybridized carbons (Fsp3) is 0.556. The van der Waals surface area contributed by atoms with Gasteiger partial charge in [-0.25, -0.2) is 9.78 Å². The van der Waals surface area contributed by atoms with Gasteiger partial charge in [0.2, 0.25) is 0 Å². The van der Waals surface area contributed by atoms with Crippen molar-refractivity contribution in [3.63, 3.8) is 0 Å². The van der Waals surface area contributed by atoms with E-state index in [0.29, 0.717) is 24.7 Å². The number of hydrogen-bond donors (Lipinski definition) is 2. The number of piperidine rings is 1. The maximum Gasteiger partial charge on any atom is 0.316 e. The average Bonchev–Trinajstić information content (AvgIpc) is 3.25. The van der Waals surface area contributed by atoms with Crippen LogP contribution in [0.25, 0.3) is 0 Å². The zero-order chi connectivity index (χ0) is 19.0. The van der Waals surface area contributed by atoms with Crippen LogP contribution in [0, 0.1) is 12.8 Å². The Kier molecular flexibility index (Phi) is 4.86. The summed E-state index contributed by atoms with van der Waals surface area (Å²) >= 11 is 1.58. The molecule has 3 amide bonds. The van der Waals surface area contributed by atoms with E-state index in [-0.39, 0.29) is 18.0 Å². The second-order valence-corrected chi connectivity index (χ2v) is 8.18. The molecule has 1 saturated carbocycles. The Morgan fingerprint density at radius 2 is 2.19 bits per heavy atom. The molecule has 3 heterocycles. The highest BCUT2D eigenvalue weighted by Gasteiger charge is 2.37. The lowest BCUT2D eigenvalue weighted by atomic mass is 10.0. The number of nitrogens with zero attached hydrogens (tertiary/aromatic N) is 4. The summed E-state index contributed by atoms with van der Waals surface area (Å²) in [6.45, 7) is 2.58. The maximum absolute atomic E-state index is 12.8. The zero-order valence-corrected chi connectivity index (χ0v) is 16.3. The number of carbonyl (C=O) groups excluding carboxylic acids is 2. The second kappa shape index (κ2) is 7.30. The molecule has 0 unspecified atom stereocenters. The summed E-state index contributed by atoms with van der Waals surface area (Å²) in [4.78, 5) is 31.6. The summed E-state index contributed by atoms with van der Waals surface area (Å²) in [6.07, 6.45) is 5.46. The van der Waals surface area contributed by atoms with E-state index in [1.165, 1.54) is 0 Å². The molecule has 2 aromatic heterocycles. The first-order valence-corrected chi connectivity index (χ1v) is 10.2. The Bertz CT molecular complexity index is 843. The van der Waals surface area contributed by atoms with Gasteiger partial charge in [-0.05, 0) is 38.5 Å². The summed E-state index contributed by atoms with van der Waals surface area (Å²) in [5, 5.41) is 13.2. The van der Waals surface area contributed by atoms with Crippen LogP contribution in [-0.4, -0.2) is 39.3 Å². The van der Waals surface area contributed by atoms with Gasteiger partial charge in [-0.3, -0.25) is 14.4 Å². The third-order valence-electron chi connectivity index (χ3n) is 5.00. The first-order valence-electron chi connectivity index (χ1n) is 9.31. The standard InChI is InChI=1S/C18H24N6O2S/c1-11-10-27-16(19-11)15(12-5-6-12)21-18(26)20-13-4-3-8-24(17(13)25)14-7-9-23(2)22-14/h7,9-10,12-13,15H,3-6,8H2,1-2H3,(H2,20,21,26)/t13-,15+/m1/s1. The molecule has 9 heteroatoms. The van der Waals surface area contributed by atoms with E-state index >= 15 is 0 Å². The van der Waals surface area contributed by atoms with Crippen LogP contribution in [0.4, 0.5) is 10.6 Å². The van der Waals surface area contributed by atoms with E-state index in [4.69, 9.17) is 0 Å². The topological polar surface area (TPSA) is 92.2 Å². The Morgan fingerprint density at radius 1 is 1.37 bits per heavy atom. The second-order valence-electron chi connectivity index (χ2n) is 7.29. The molecule has 1 aliphatic heterocycles. The number of amides is 3. The number of carbonyl (C=O) groups is 2. The normalized spacial score (nSPS) is 21.2. The minimum Gasteiger partial charge on any atom is -0.329 e. The van der Waals surface area contributed by atoms with Crippen LogP contribution < -0.4 is 15.5 Å². The smallest absolute Gasteiger partial charge is 0.316 e. The molecule has 0 bridgehead atoms. The Hall–Kier alpha value is -2.42. The van der Waals surface area contributed by atoms with Crippen molar-refractivity contribution in [2.75, 3.05) is 11.4 Å². The third-order valence-corrected chi connectivity index (χ3v) is 6.05. The number of nitrogens with one attached hydrogen (secondary N) is 2. The molecular weight excluding hydrogens is 364 g/mol. The largest absolute Gasteiger partial charge is 0.329 e. The van der Waals surface area contributed by atoms with Gasteiger partial charge in [-0.15, -0.1) is 11.3 Å². The number of anilines is 1. The van der Waals surface area contributed by atoms with E-state index in [1.54, 1.807) is 20.9 Å². The van der Waals surface area contributed by atoms with E-state index in [0.717, 1.165) is 30.0 Å². The molecule has 0 spiro atoms. The van der Waals surface area contributed by atoms with Crippen molar-refractivity contribution >= 4 is 29.1 Å². The van der Waals surface area contributed by atoms with Crippen molar-refractivity contribution in [1.82, 2.24) is 25.4 Å². The monoisotopic (exact) mass is 388 g/mol. The number of aryl methyl sites for hydroxylation is 2. The summed E-state index contributed by atoms with van der Waals surface area (Å²) in [5.74, 6) is 0.958. The van der Waals surface area contributed by atoms with Gasteiger partial charge in [-0.2, -0.15) is 5.10 Å². The molecule has 2 aliphatic rings. The molecular formula is C18H24N6O2S. The Labute approximate surface area is 162 Å². The van der Waals surface area contributed by atoms with Gasteiger partial charge < -0.3 is 10.6 Å². The minimum absolute atomic E-state index is 0.0747. The number of rotatable bonds is 5. The molecule has 2 fully saturated rings. The van der Waals surface area contributed by atoms with Crippen molar-refractivity contribution in [1.29, 1.82) is 0 Å². The summed E-state index contributed by atoms with van der Waals surface area (Å²) < 4.78 is 1.67. The van der Waals surface area contributed by atoms with Crippen molar-refractivity contribution < 1.29 is 9.59 Å². The van der Waals surface area contributed by atoms with Gasteiger partial charge in [-0.1, -0.05) is 0 Å². The predicted molar refractivity (Wildman–Crippen MR) is 103 cm³/mol. The van der Waals surface area contributed by atoms with Crippen molar-refractivity contribution in [3.8, 4) is 0 Å². The number of hydrogen-bond acceptors (Lipinski definition) is 5. The number of thiazole rings is 1. The van der Waals surface area contributed by atoms with Crippen LogP contribution >= 0.6 is 11.3 Å². The van der Waals surface area contributed by atoms with Crippen LogP contribution in [-0.2, 0) is 11.8 Å². The van der Waals surface area contributed by atoms with Crippen LogP contribution in [0.2, 0.25) is 0 Å². The van der Waals surface area contributed by atoms with Gasteiger partial charge >= 0.3 is 6.03 Å². The zero-order valence-electron chi connectivity index (χ0n) is 15.5. The lowest BCUT2D eigenvalue weighted by molar-refractivity contribution is -0.121. The van der Waals surface area contributed by atoms with E-state index < -0.39 is 6.04 Å². The van der Waals surface area contributed by atoms with Gasteiger partial charge in [0, 0.05) is 36.9 Å². The molecule has 0 aromatic carbocycles. The van der Waals surface area contributed by atoms with Gasteiger partial charge in [0.15, 0.2) is 5.82 Å². The summed E-state index contributed by atoms with van der Waals surface area (Å²) in [7, 11) is 1.82. The van der Waals surface area contributed by atoms with Gasteiger partial charge in [0.05, 0.1) is 6.04 Å². The molecule has 2 N–H and O–H groups in total. The number of urea groups is 1. The molecule has 8 nitrogen and oxygen atoms in total. The third kappa shape index (κ3) is 3.97. The molecule has 4 rings (SSSR count). The molecule has 0 radical (unpaired) electrons. The quantitative estimate of drug-likeness (QED) is 0.821. The number of aromatic nitrogens is 3. The van der Waals surface area contributed by atoms with Crippen LogP contribution in [0.1, 0.15) is 42.4 Å². The van der Waals surface area contributed by atoms with E-state index in [9.17, 15) is 9.59 Å². The first kappa shape index (κ1) is 18.0. The SMILES string of the molecule is Cc1csc([C@@H](NC(=O)N[C@@H]2CCCN(c3ccn(C)n3)C2=O)C2CC2)n1.